The first kappa shape index (κ1) is 18.4. The van der Waals surface area contributed by atoms with Crippen LogP contribution in [0.1, 0.15) is 15.9 Å². The van der Waals surface area contributed by atoms with Gasteiger partial charge in [-0.2, -0.15) is 0 Å². The van der Waals surface area contributed by atoms with Gasteiger partial charge in [0.2, 0.25) is 0 Å². The Morgan fingerprint density at radius 2 is 1.64 bits per heavy atom. The molecule has 0 radical (unpaired) electrons. The van der Waals surface area contributed by atoms with E-state index in [2.05, 4.69) is 21.2 Å². The number of benzene rings is 3. The number of carbonyl (C=O) groups is 1. The number of hydrogen-bond acceptors (Lipinski definition) is 4. The Morgan fingerprint density at radius 3 is 2.43 bits per heavy atom. The van der Waals surface area contributed by atoms with Gasteiger partial charge in [-0.3, -0.25) is 4.79 Å². The molecule has 142 valence electrons. The number of carbonyl (C=O) groups excluding carboxylic acids is 1. The summed E-state index contributed by atoms with van der Waals surface area (Å²) < 4.78 is 17.7. The van der Waals surface area contributed by atoms with Gasteiger partial charge in [0.15, 0.2) is 11.5 Å². The Balaban J connectivity index is 1.52. The normalized spacial score (nSPS) is 12.3. The number of anilines is 1. The van der Waals surface area contributed by atoms with Crippen molar-refractivity contribution in [2.75, 3.05) is 18.5 Å². The number of halogens is 1. The highest BCUT2D eigenvalue weighted by atomic mass is 79.9. The Hall–Kier alpha value is -2.99. The van der Waals surface area contributed by atoms with Crippen molar-refractivity contribution in [3.8, 4) is 17.2 Å². The Kier molecular flexibility index (Phi) is 5.48. The van der Waals surface area contributed by atoms with Crippen LogP contribution in [0.3, 0.4) is 0 Å². The quantitative estimate of drug-likeness (QED) is 0.603. The molecule has 0 atom stereocenters. The van der Waals surface area contributed by atoms with Crippen molar-refractivity contribution in [1.29, 1.82) is 0 Å². The molecule has 0 aliphatic carbocycles. The number of hydrogen-bond donors (Lipinski definition) is 1. The van der Waals surface area contributed by atoms with Crippen molar-refractivity contribution >= 4 is 27.5 Å². The zero-order chi connectivity index (χ0) is 19.3. The molecule has 0 bridgehead atoms. The molecule has 0 saturated carbocycles. The zero-order valence-corrected chi connectivity index (χ0v) is 16.6. The van der Waals surface area contributed by atoms with Crippen molar-refractivity contribution < 1.29 is 19.0 Å². The Morgan fingerprint density at radius 1 is 0.964 bits per heavy atom. The monoisotopic (exact) mass is 439 g/mol. The van der Waals surface area contributed by atoms with Gasteiger partial charge in [0.1, 0.15) is 25.6 Å². The third kappa shape index (κ3) is 4.12. The molecule has 0 spiro atoms. The first-order valence-corrected chi connectivity index (χ1v) is 9.66. The molecule has 0 unspecified atom stereocenters. The molecule has 1 N–H and O–H groups in total. The molecule has 0 saturated heterocycles. The lowest BCUT2D eigenvalue weighted by molar-refractivity contribution is 0.102. The molecule has 28 heavy (non-hydrogen) atoms. The summed E-state index contributed by atoms with van der Waals surface area (Å²) in [4.78, 5) is 12.9. The highest BCUT2D eigenvalue weighted by Gasteiger charge is 2.18. The zero-order valence-electron chi connectivity index (χ0n) is 15.0. The molecule has 1 amide bonds. The smallest absolute Gasteiger partial charge is 0.256 e. The van der Waals surface area contributed by atoms with Crippen LogP contribution in [0.2, 0.25) is 0 Å². The minimum atomic E-state index is -0.218. The van der Waals surface area contributed by atoms with Gasteiger partial charge < -0.3 is 19.5 Å². The highest BCUT2D eigenvalue weighted by molar-refractivity contribution is 9.10. The lowest BCUT2D eigenvalue weighted by Gasteiger charge is -2.20. The van der Waals surface area contributed by atoms with E-state index in [4.69, 9.17) is 14.2 Å². The van der Waals surface area contributed by atoms with Crippen LogP contribution in [0.4, 0.5) is 5.69 Å². The van der Waals surface area contributed by atoms with Crippen LogP contribution < -0.4 is 19.5 Å². The van der Waals surface area contributed by atoms with Gasteiger partial charge in [0.25, 0.3) is 5.91 Å². The minimum Gasteiger partial charge on any atom is -0.489 e. The second-order valence-electron chi connectivity index (χ2n) is 6.19. The van der Waals surface area contributed by atoms with Gasteiger partial charge in [-0.25, -0.2) is 0 Å². The number of nitrogens with one attached hydrogen (secondary N) is 1. The maximum atomic E-state index is 12.9. The third-order valence-corrected chi connectivity index (χ3v) is 4.94. The molecule has 1 heterocycles. The maximum Gasteiger partial charge on any atom is 0.256 e. The Labute approximate surface area is 171 Å². The first-order chi connectivity index (χ1) is 13.7. The Bertz CT molecular complexity index is 991. The van der Waals surface area contributed by atoms with Crippen molar-refractivity contribution in [3.05, 3.63) is 82.3 Å². The van der Waals surface area contributed by atoms with Crippen LogP contribution in [0.15, 0.2) is 71.2 Å². The van der Waals surface area contributed by atoms with E-state index in [1.165, 1.54) is 0 Å². The summed E-state index contributed by atoms with van der Waals surface area (Å²) in [5.41, 5.74) is 1.98. The fourth-order valence-electron chi connectivity index (χ4n) is 2.89. The largest absolute Gasteiger partial charge is 0.489 e. The van der Waals surface area contributed by atoms with Crippen molar-refractivity contribution in [1.82, 2.24) is 0 Å². The van der Waals surface area contributed by atoms with Crippen molar-refractivity contribution in [2.24, 2.45) is 0 Å². The van der Waals surface area contributed by atoms with Crippen molar-refractivity contribution in [2.45, 2.75) is 6.61 Å². The molecular weight excluding hydrogens is 422 g/mol. The average molecular weight is 440 g/mol. The van der Waals surface area contributed by atoms with Crippen LogP contribution in [-0.2, 0) is 6.61 Å². The SMILES string of the molecule is O=C(Nc1cc2c(cc1Br)OCCO2)c1ccccc1COc1ccccc1. The van der Waals surface area contributed by atoms with Gasteiger partial charge >= 0.3 is 0 Å². The van der Waals surface area contributed by atoms with E-state index < -0.39 is 0 Å². The summed E-state index contributed by atoms with van der Waals surface area (Å²) in [6, 6.07) is 20.5. The molecule has 6 heteroatoms. The molecule has 0 aromatic heterocycles. The van der Waals surface area contributed by atoms with Crippen LogP contribution in [0, 0.1) is 0 Å². The summed E-state index contributed by atoms with van der Waals surface area (Å²) in [5, 5.41) is 2.94. The van der Waals surface area contributed by atoms with Gasteiger partial charge in [-0.1, -0.05) is 36.4 Å². The molecule has 4 rings (SSSR count). The molecule has 0 fully saturated rings. The molecule has 5 nitrogen and oxygen atoms in total. The van der Waals surface area contributed by atoms with Crippen molar-refractivity contribution in [3.63, 3.8) is 0 Å². The number of amides is 1. The van der Waals surface area contributed by atoms with Crippen LogP contribution in [0.5, 0.6) is 17.2 Å². The van der Waals surface area contributed by atoms with E-state index in [1.54, 1.807) is 18.2 Å². The highest BCUT2D eigenvalue weighted by Crippen LogP contribution is 2.38. The maximum absolute atomic E-state index is 12.9. The standard InChI is InChI=1S/C22H18BrNO4/c23-18-12-20-21(27-11-10-26-20)13-19(18)24-22(25)17-9-5-4-6-15(17)14-28-16-7-2-1-3-8-16/h1-9,12-13H,10-11,14H2,(H,24,25). The summed E-state index contributed by atoms with van der Waals surface area (Å²) in [6.45, 7) is 1.30. The lowest BCUT2D eigenvalue weighted by Crippen LogP contribution is -2.18. The minimum absolute atomic E-state index is 0.218. The predicted molar refractivity (Wildman–Crippen MR) is 110 cm³/mol. The van der Waals surface area contributed by atoms with Gasteiger partial charge in [0.05, 0.1) is 5.69 Å². The number of rotatable bonds is 5. The van der Waals surface area contributed by atoms with E-state index in [1.807, 2.05) is 48.5 Å². The summed E-state index contributed by atoms with van der Waals surface area (Å²) in [5.74, 6) is 1.81. The summed E-state index contributed by atoms with van der Waals surface area (Å²) in [7, 11) is 0. The topological polar surface area (TPSA) is 56.8 Å². The average Bonchev–Trinajstić information content (AvgIpc) is 2.73. The lowest BCUT2D eigenvalue weighted by atomic mass is 10.1. The van der Waals surface area contributed by atoms with Crippen LogP contribution in [-0.4, -0.2) is 19.1 Å². The molecule has 3 aromatic rings. The molecular formula is C22H18BrNO4. The van der Waals surface area contributed by atoms with E-state index in [0.29, 0.717) is 42.6 Å². The van der Waals surface area contributed by atoms with E-state index >= 15 is 0 Å². The second-order valence-corrected chi connectivity index (χ2v) is 7.04. The number of para-hydroxylation sites is 1. The van der Waals surface area contributed by atoms with E-state index in [9.17, 15) is 4.79 Å². The molecule has 1 aliphatic heterocycles. The predicted octanol–water partition coefficient (Wildman–Crippen LogP) is 5.05. The molecule has 1 aliphatic rings. The number of fused-ring (bicyclic) bond motifs is 1. The fraction of sp³-hybridized carbons (Fsp3) is 0.136. The summed E-state index contributed by atoms with van der Waals surface area (Å²) >= 11 is 3.48. The van der Waals surface area contributed by atoms with Crippen LogP contribution >= 0.6 is 15.9 Å². The molecule has 3 aromatic carbocycles. The van der Waals surface area contributed by atoms with E-state index in [-0.39, 0.29) is 5.91 Å². The number of ether oxygens (including phenoxy) is 3. The summed E-state index contributed by atoms with van der Waals surface area (Å²) in [6.07, 6.45) is 0. The van der Waals surface area contributed by atoms with Gasteiger partial charge in [-0.05, 0) is 34.1 Å². The second kappa shape index (κ2) is 8.35. The van der Waals surface area contributed by atoms with Crippen LogP contribution in [0.25, 0.3) is 0 Å². The van der Waals surface area contributed by atoms with Gasteiger partial charge in [0, 0.05) is 27.7 Å². The first-order valence-electron chi connectivity index (χ1n) is 8.87. The van der Waals surface area contributed by atoms with Gasteiger partial charge in [-0.15, -0.1) is 0 Å². The third-order valence-electron chi connectivity index (χ3n) is 4.28. The fourth-order valence-corrected chi connectivity index (χ4v) is 3.32. The van der Waals surface area contributed by atoms with E-state index in [0.717, 1.165) is 15.8 Å².